The van der Waals surface area contributed by atoms with E-state index in [0.717, 1.165) is 44.9 Å². The van der Waals surface area contributed by atoms with Gasteiger partial charge in [-0.1, -0.05) is 44.2 Å². The number of imide groups is 1. The molecule has 3 amide bonds. The van der Waals surface area contributed by atoms with Gasteiger partial charge in [-0.05, 0) is 72.4 Å². The first-order valence-corrected chi connectivity index (χ1v) is 15.4. The Labute approximate surface area is 249 Å². The number of esters is 2. The van der Waals surface area contributed by atoms with E-state index < -0.39 is 29.7 Å². The van der Waals surface area contributed by atoms with Gasteiger partial charge in [0.25, 0.3) is 11.8 Å². The van der Waals surface area contributed by atoms with E-state index in [9.17, 15) is 24.0 Å². The van der Waals surface area contributed by atoms with E-state index >= 15 is 0 Å². The highest BCUT2D eigenvalue weighted by atomic mass is 16.6. The Hall–Kier alpha value is -3.27. The van der Waals surface area contributed by atoms with Crippen LogP contribution in [0.2, 0.25) is 0 Å². The molecule has 232 valence electrons. The standard InChI is InChI=1S/C32H47N3O7/c1-6-41-30(39)25(33-22(2)27(36)34-21-15-19-26(34)31(40)42-32(3,4)5)18-11-9-7-8-10-14-20-35-28(37)23-16-12-13-17-24(23)29(35)38/h12-13,16-17,22,25-26,33H,6-11,14-15,18-21H2,1-5H3/t22-,25-,26-/m0/s1. The minimum atomic E-state index is -0.662. The second-order valence-corrected chi connectivity index (χ2v) is 12.1. The molecule has 0 spiro atoms. The highest BCUT2D eigenvalue weighted by Crippen LogP contribution is 2.24. The maximum atomic E-state index is 13.3. The molecule has 1 aromatic carbocycles. The Morgan fingerprint density at radius 2 is 1.57 bits per heavy atom. The van der Waals surface area contributed by atoms with Gasteiger partial charge in [-0.3, -0.25) is 29.4 Å². The summed E-state index contributed by atoms with van der Waals surface area (Å²) in [6.45, 7) is 10.0. The van der Waals surface area contributed by atoms with Gasteiger partial charge in [0.05, 0.1) is 23.8 Å². The summed E-state index contributed by atoms with van der Waals surface area (Å²) in [6, 6.07) is 5.02. The van der Waals surface area contributed by atoms with Gasteiger partial charge in [0.15, 0.2) is 0 Å². The highest BCUT2D eigenvalue weighted by molar-refractivity contribution is 6.21. The zero-order valence-corrected chi connectivity index (χ0v) is 25.8. The minimum Gasteiger partial charge on any atom is -0.465 e. The van der Waals surface area contributed by atoms with Crippen molar-refractivity contribution < 1.29 is 33.4 Å². The Balaban J connectivity index is 1.40. The van der Waals surface area contributed by atoms with Crippen LogP contribution in [0.1, 0.15) is 113 Å². The molecule has 0 radical (unpaired) electrons. The van der Waals surface area contributed by atoms with Crippen molar-refractivity contribution in [1.29, 1.82) is 0 Å². The predicted octanol–water partition coefficient (Wildman–Crippen LogP) is 4.26. The zero-order valence-electron chi connectivity index (χ0n) is 25.8. The minimum absolute atomic E-state index is 0.217. The molecule has 42 heavy (non-hydrogen) atoms. The van der Waals surface area contributed by atoms with Crippen LogP contribution >= 0.6 is 0 Å². The third-order valence-corrected chi connectivity index (χ3v) is 7.61. The number of rotatable bonds is 15. The van der Waals surface area contributed by atoms with Crippen LogP contribution in [0.25, 0.3) is 0 Å². The fraction of sp³-hybridized carbons (Fsp3) is 0.656. The number of amides is 3. The lowest BCUT2D eigenvalue weighted by atomic mass is 10.0. The molecule has 1 fully saturated rings. The number of nitrogens with zero attached hydrogens (tertiary/aromatic N) is 2. The molecule has 10 nitrogen and oxygen atoms in total. The first-order valence-electron chi connectivity index (χ1n) is 15.4. The number of carbonyl (C=O) groups excluding carboxylic acids is 5. The lowest BCUT2D eigenvalue weighted by Crippen LogP contribution is -2.53. The van der Waals surface area contributed by atoms with Crippen LogP contribution < -0.4 is 5.32 Å². The van der Waals surface area contributed by atoms with Crippen LogP contribution in [-0.4, -0.2) is 82.9 Å². The summed E-state index contributed by atoms with van der Waals surface area (Å²) in [7, 11) is 0. The monoisotopic (exact) mass is 585 g/mol. The van der Waals surface area contributed by atoms with Gasteiger partial charge >= 0.3 is 11.9 Å². The molecule has 10 heteroatoms. The molecular weight excluding hydrogens is 538 g/mol. The van der Waals surface area contributed by atoms with E-state index in [1.54, 1.807) is 63.8 Å². The van der Waals surface area contributed by atoms with Crippen molar-refractivity contribution in [3.8, 4) is 0 Å². The topological polar surface area (TPSA) is 122 Å². The molecule has 1 N–H and O–H groups in total. The lowest BCUT2D eigenvalue weighted by Gasteiger charge is -2.30. The van der Waals surface area contributed by atoms with E-state index in [4.69, 9.17) is 9.47 Å². The quantitative estimate of drug-likeness (QED) is 0.184. The van der Waals surface area contributed by atoms with Crippen molar-refractivity contribution in [3.05, 3.63) is 35.4 Å². The van der Waals surface area contributed by atoms with Gasteiger partial charge in [0.2, 0.25) is 5.91 Å². The normalized spacial score (nSPS) is 18.2. The van der Waals surface area contributed by atoms with Crippen LogP contribution in [0.4, 0.5) is 0 Å². The van der Waals surface area contributed by atoms with E-state index in [2.05, 4.69) is 5.32 Å². The first kappa shape index (κ1) is 33.2. The van der Waals surface area contributed by atoms with Crippen molar-refractivity contribution in [2.75, 3.05) is 19.7 Å². The first-order chi connectivity index (χ1) is 19.9. The molecule has 3 rings (SSSR count). The molecule has 2 heterocycles. The van der Waals surface area contributed by atoms with Gasteiger partial charge in [0, 0.05) is 13.1 Å². The Kier molecular flexibility index (Phi) is 12.1. The van der Waals surface area contributed by atoms with Crippen molar-refractivity contribution in [2.45, 2.75) is 116 Å². The number of hydrogen-bond acceptors (Lipinski definition) is 8. The molecule has 1 aromatic rings. The molecule has 0 saturated carbocycles. The van der Waals surface area contributed by atoms with E-state index in [-0.39, 0.29) is 30.3 Å². The van der Waals surface area contributed by atoms with Crippen molar-refractivity contribution in [1.82, 2.24) is 15.1 Å². The number of ether oxygens (including phenoxy) is 2. The van der Waals surface area contributed by atoms with E-state index in [1.165, 1.54) is 4.90 Å². The summed E-state index contributed by atoms with van der Waals surface area (Å²) in [5, 5.41) is 3.16. The van der Waals surface area contributed by atoms with Gasteiger partial charge < -0.3 is 14.4 Å². The Morgan fingerprint density at radius 3 is 2.17 bits per heavy atom. The predicted molar refractivity (Wildman–Crippen MR) is 158 cm³/mol. The fourth-order valence-corrected chi connectivity index (χ4v) is 5.55. The number of fused-ring (bicyclic) bond motifs is 1. The Bertz CT molecular complexity index is 1090. The zero-order chi connectivity index (χ0) is 30.9. The number of hydrogen-bond donors (Lipinski definition) is 1. The van der Waals surface area contributed by atoms with Crippen molar-refractivity contribution in [2.24, 2.45) is 0 Å². The number of likely N-dealkylation sites (tertiary alicyclic amines) is 1. The summed E-state index contributed by atoms with van der Waals surface area (Å²) >= 11 is 0. The highest BCUT2D eigenvalue weighted by Gasteiger charge is 2.39. The van der Waals surface area contributed by atoms with Gasteiger partial charge in [0.1, 0.15) is 17.7 Å². The maximum Gasteiger partial charge on any atom is 0.329 e. The summed E-state index contributed by atoms with van der Waals surface area (Å²) < 4.78 is 10.8. The molecule has 1 saturated heterocycles. The SMILES string of the molecule is CCOC(=O)[C@H](CCCCCCCCN1C(=O)c2ccccc2C1=O)N[C@@H](C)C(=O)N1CCC[C@H]1C(=O)OC(C)(C)C. The third kappa shape index (κ3) is 8.86. The van der Waals surface area contributed by atoms with Crippen molar-refractivity contribution >= 4 is 29.7 Å². The second-order valence-electron chi connectivity index (χ2n) is 12.1. The number of carbonyl (C=O) groups is 5. The summed E-state index contributed by atoms with van der Waals surface area (Å²) in [5.74, 6) is -1.44. The fourth-order valence-electron chi connectivity index (χ4n) is 5.55. The molecular formula is C32H47N3O7. The summed E-state index contributed by atoms with van der Waals surface area (Å²) in [6.07, 6.45) is 7.05. The van der Waals surface area contributed by atoms with E-state index in [0.29, 0.717) is 37.1 Å². The van der Waals surface area contributed by atoms with Crippen LogP contribution in [0.5, 0.6) is 0 Å². The third-order valence-electron chi connectivity index (χ3n) is 7.61. The molecule has 0 bridgehead atoms. The Morgan fingerprint density at radius 1 is 0.976 bits per heavy atom. The summed E-state index contributed by atoms with van der Waals surface area (Å²) in [4.78, 5) is 66.5. The molecule has 2 aliphatic heterocycles. The van der Waals surface area contributed by atoms with Gasteiger partial charge in [-0.25, -0.2) is 4.79 Å². The van der Waals surface area contributed by atoms with Crippen LogP contribution in [0, 0.1) is 0 Å². The van der Waals surface area contributed by atoms with Crippen molar-refractivity contribution in [3.63, 3.8) is 0 Å². The lowest BCUT2D eigenvalue weighted by molar-refractivity contribution is -0.163. The molecule has 3 atom stereocenters. The maximum absolute atomic E-state index is 13.3. The molecule has 0 unspecified atom stereocenters. The number of unbranched alkanes of at least 4 members (excludes halogenated alkanes) is 5. The molecule has 0 aliphatic carbocycles. The van der Waals surface area contributed by atoms with Crippen LogP contribution in [0.15, 0.2) is 24.3 Å². The van der Waals surface area contributed by atoms with Gasteiger partial charge in [-0.2, -0.15) is 0 Å². The summed E-state index contributed by atoms with van der Waals surface area (Å²) in [5.41, 5.74) is 0.324. The number of nitrogens with one attached hydrogen (secondary N) is 1. The average Bonchev–Trinajstić information content (AvgIpc) is 3.52. The second kappa shape index (κ2) is 15.3. The van der Waals surface area contributed by atoms with Gasteiger partial charge in [-0.15, -0.1) is 0 Å². The largest absolute Gasteiger partial charge is 0.465 e. The van der Waals surface area contributed by atoms with Crippen LogP contribution in [0.3, 0.4) is 0 Å². The smallest absolute Gasteiger partial charge is 0.329 e. The van der Waals surface area contributed by atoms with Crippen LogP contribution in [-0.2, 0) is 23.9 Å². The average molecular weight is 586 g/mol. The number of benzene rings is 1. The molecule has 0 aromatic heterocycles. The molecule has 2 aliphatic rings. The van der Waals surface area contributed by atoms with E-state index in [1.807, 2.05) is 0 Å².